The highest BCUT2D eigenvalue weighted by atomic mass is 32.2. The summed E-state index contributed by atoms with van der Waals surface area (Å²) in [7, 11) is -3.11. The topological polar surface area (TPSA) is 70.9 Å². The number of quaternary nitrogens is 1. The summed E-state index contributed by atoms with van der Waals surface area (Å²) in [5, 5.41) is 3.05. The quantitative estimate of drug-likeness (QED) is 0.629. The number of likely N-dealkylation sites (tertiary alicyclic amines) is 1. The Labute approximate surface area is 147 Å². The van der Waals surface area contributed by atoms with Gasteiger partial charge in [-0.1, -0.05) is 0 Å². The first kappa shape index (κ1) is 19.7. The van der Waals surface area contributed by atoms with E-state index in [4.69, 9.17) is 0 Å². The summed E-state index contributed by atoms with van der Waals surface area (Å²) in [5.41, 5.74) is 0. The van der Waals surface area contributed by atoms with Gasteiger partial charge in [0.1, 0.15) is 0 Å². The van der Waals surface area contributed by atoms with Gasteiger partial charge in [-0.2, -0.15) is 0 Å². The number of hydrogen-bond acceptors (Lipinski definition) is 3. The Bertz CT molecular complexity index is 501. The molecular formula is C17H34N3O3S+. The van der Waals surface area contributed by atoms with Gasteiger partial charge >= 0.3 is 0 Å². The largest absolute Gasteiger partial charge is 0.356 e. The highest BCUT2D eigenvalue weighted by Crippen LogP contribution is 2.19. The molecule has 2 rings (SSSR count). The van der Waals surface area contributed by atoms with Crippen molar-refractivity contribution in [2.45, 2.75) is 58.4 Å². The molecule has 0 saturated carbocycles. The van der Waals surface area contributed by atoms with Gasteiger partial charge in [0, 0.05) is 32.0 Å². The van der Waals surface area contributed by atoms with Crippen molar-refractivity contribution in [2.75, 3.05) is 38.5 Å². The van der Waals surface area contributed by atoms with Crippen molar-refractivity contribution >= 4 is 15.9 Å². The zero-order valence-electron chi connectivity index (χ0n) is 15.2. The monoisotopic (exact) mass is 360 g/mol. The molecule has 2 heterocycles. The summed E-state index contributed by atoms with van der Waals surface area (Å²) in [6.45, 7) is 8.08. The summed E-state index contributed by atoms with van der Waals surface area (Å²) in [5.74, 6) is 0.209. The fourth-order valence-electron chi connectivity index (χ4n) is 3.87. The third-order valence-corrected chi connectivity index (χ3v) is 7.52. The van der Waals surface area contributed by atoms with E-state index in [1.807, 2.05) is 0 Å². The van der Waals surface area contributed by atoms with Crippen LogP contribution in [-0.2, 0) is 14.8 Å². The molecule has 2 unspecified atom stereocenters. The van der Waals surface area contributed by atoms with E-state index in [1.165, 1.54) is 30.1 Å². The van der Waals surface area contributed by atoms with Crippen LogP contribution >= 0.6 is 0 Å². The lowest BCUT2D eigenvalue weighted by Crippen LogP contribution is -3.16. The maximum Gasteiger partial charge on any atom is 0.223 e. The molecule has 2 N–H and O–H groups in total. The van der Waals surface area contributed by atoms with Gasteiger partial charge in [0.2, 0.25) is 15.9 Å². The molecule has 0 spiro atoms. The normalized spacial score (nSPS) is 27.1. The fraction of sp³-hybridized carbons (Fsp3) is 0.941. The molecule has 0 aromatic carbocycles. The Kier molecular flexibility index (Phi) is 7.50. The summed E-state index contributed by atoms with van der Waals surface area (Å²) in [6, 6.07) is 0.749. The molecule has 24 heavy (non-hydrogen) atoms. The van der Waals surface area contributed by atoms with Gasteiger partial charge in [0.25, 0.3) is 0 Å². The number of rotatable bonds is 7. The first-order valence-electron chi connectivity index (χ1n) is 9.54. The number of carbonyl (C=O) groups excluding carboxylic acids is 1. The highest BCUT2D eigenvalue weighted by Gasteiger charge is 2.30. The maximum atomic E-state index is 12.3. The van der Waals surface area contributed by atoms with E-state index >= 15 is 0 Å². The van der Waals surface area contributed by atoms with Gasteiger partial charge in [0.05, 0.1) is 24.9 Å². The van der Waals surface area contributed by atoms with Gasteiger partial charge in [-0.05, 0) is 46.0 Å². The number of amides is 1. The lowest BCUT2D eigenvalue weighted by Gasteiger charge is -2.31. The van der Waals surface area contributed by atoms with Crippen LogP contribution in [0.2, 0.25) is 0 Å². The van der Waals surface area contributed by atoms with Crippen LogP contribution in [0, 0.1) is 5.92 Å². The average molecular weight is 361 g/mol. The van der Waals surface area contributed by atoms with Crippen molar-refractivity contribution < 1.29 is 18.1 Å². The van der Waals surface area contributed by atoms with Crippen molar-refractivity contribution in [1.29, 1.82) is 0 Å². The number of carbonyl (C=O) groups is 1. The molecule has 6 nitrogen and oxygen atoms in total. The van der Waals surface area contributed by atoms with E-state index in [2.05, 4.69) is 12.2 Å². The minimum absolute atomic E-state index is 0.0328. The smallest absolute Gasteiger partial charge is 0.223 e. The molecule has 0 aromatic heterocycles. The van der Waals surface area contributed by atoms with Crippen LogP contribution in [0.15, 0.2) is 0 Å². The molecule has 140 valence electrons. The van der Waals surface area contributed by atoms with E-state index < -0.39 is 10.0 Å². The van der Waals surface area contributed by atoms with Crippen LogP contribution in [0.3, 0.4) is 0 Å². The van der Waals surface area contributed by atoms with Gasteiger partial charge in [-0.15, -0.1) is 0 Å². The molecule has 2 fully saturated rings. The van der Waals surface area contributed by atoms with Crippen LogP contribution in [0.5, 0.6) is 0 Å². The number of nitrogens with zero attached hydrogens (tertiary/aromatic N) is 1. The van der Waals surface area contributed by atoms with Gasteiger partial charge in [0.15, 0.2) is 0 Å². The minimum Gasteiger partial charge on any atom is -0.356 e. The standard InChI is InChI=1S/C17H33N3O3S/c1-3-24(22,23)20-13-8-16(9-14-20)17(21)18-10-6-12-19-11-5-4-7-15(19)2/h15-16H,3-14H2,1-2H3,(H,18,21)/p+1. The van der Waals surface area contributed by atoms with Crippen molar-refractivity contribution in [2.24, 2.45) is 5.92 Å². The SMILES string of the molecule is CCS(=O)(=O)N1CCC(C(=O)NCCC[NH+]2CCCCC2C)CC1. The second-order valence-corrected chi connectivity index (χ2v) is 9.53. The molecule has 0 aromatic rings. The third-order valence-electron chi connectivity index (χ3n) is 5.64. The molecule has 0 aliphatic carbocycles. The number of nitrogens with one attached hydrogen (secondary N) is 2. The molecule has 2 aliphatic heterocycles. The van der Waals surface area contributed by atoms with Crippen molar-refractivity contribution in [3.05, 3.63) is 0 Å². The zero-order chi connectivity index (χ0) is 17.6. The van der Waals surface area contributed by atoms with Crippen LogP contribution in [0.4, 0.5) is 0 Å². The Morgan fingerprint density at radius 3 is 2.54 bits per heavy atom. The lowest BCUT2D eigenvalue weighted by atomic mass is 9.97. The lowest BCUT2D eigenvalue weighted by molar-refractivity contribution is -0.928. The van der Waals surface area contributed by atoms with Crippen LogP contribution in [-0.4, -0.2) is 63.1 Å². The second kappa shape index (κ2) is 9.15. The summed E-state index contributed by atoms with van der Waals surface area (Å²) in [6.07, 6.45) is 6.30. The van der Waals surface area contributed by atoms with Crippen LogP contribution in [0.1, 0.15) is 52.4 Å². The molecule has 2 atom stereocenters. The Hall–Kier alpha value is -0.660. The average Bonchev–Trinajstić information content (AvgIpc) is 2.60. The van der Waals surface area contributed by atoms with E-state index in [0.717, 1.165) is 25.6 Å². The minimum atomic E-state index is -3.11. The Morgan fingerprint density at radius 2 is 1.92 bits per heavy atom. The van der Waals surface area contributed by atoms with Gasteiger partial charge in [-0.3, -0.25) is 4.79 Å². The van der Waals surface area contributed by atoms with E-state index in [0.29, 0.717) is 25.9 Å². The molecule has 1 amide bonds. The summed E-state index contributed by atoms with van der Waals surface area (Å²) in [4.78, 5) is 13.9. The third kappa shape index (κ3) is 5.43. The van der Waals surface area contributed by atoms with E-state index in [9.17, 15) is 13.2 Å². The first-order valence-corrected chi connectivity index (χ1v) is 11.1. The Morgan fingerprint density at radius 1 is 1.21 bits per heavy atom. The second-order valence-electron chi connectivity index (χ2n) is 7.27. The molecule has 7 heteroatoms. The Balaban J connectivity index is 1.63. The predicted octanol–water partition coefficient (Wildman–Crippen LogP) is 0.0117. The number of sulfonamides is 1. The summed E-state index contributed by atoms with van der Waals surface area (Å²) >= 11 is 0. The van der Waals surface area contributed by atoms with Gasteiger partial charge in [-0.25, -0.2) is 12.7 Å². The van der Waals surface area contributed by atoms with Gasteiger partial charge < -0.3 is 10.2 Å². The summed E-state index contributed by atoms with van der Waals surface area (Å²) < 4.78 is 25.2. The maximum absolute atomic E-state index is 12.3. The fourth-order valence-corrected chi connectivity index (χ4v) is 5.01. The molecule has 0 radical (unpaired) electrons. The predicted molar refractivity (Wildman–Crippen MR) is 95.4 cm³/mol. The molecular weight excluding hydrogens is 326 g/mol. The van der Waals surface area contributed by atoms with Crippen molar-refractivity contribution in [3.63, 3.8) is 0 Å². The zero-order valence-corrected chi connectivity index (χ0v) is 16.0. The molecule has 2 saturated heterocycles. The van der Waals surface area contributed by atoms with Crippen LogP contribution in [0.25, 0.3) is 0 Å². The highest BCUT2D eigenvalue weighted by molar-refractivity contribution is 7.89. The molecule has 2 aliphatic rings. The van der Waals surface area contributed by atoms with Crippen molar-refractivity contribution in [3.8, 4) is 0 Å². The molecule has 0 bridgehead atoms. The van der Waals surface area contributed by atoms with E-state index in [-0.39, 0.29) is 17.6 Å². The number of hydrogen-bond donors (Lipinski definition) is 2. The van der Waals surface area contributed by atoms with E-state index in [1.54, 1.807) is 11.8 Å². The number of piperidine rings is 2. The first-order chi connectivity index (χ1) is 11.4. The van der Waals surface area contributed by atoms with Crippen molar-refractivity contribution in [1.82, 2.24) is 9.62 Å². The van der Waals surface area contributed by atoms with Crippen LogP contribution < -0.4 is 10.2 Å².